The molecule has 15 heavy (non-hydrogen) atoms. The van der Waals surface area contributed by atoms with Crippen molar-refractivity contribution in [1.29, 1.82) is 0 Å². The zero-order valence-electron chi connectivity index (χ0n) is 9.46. The summed E-state index contributed by atoms with van der Waals surface area (Å²) in [5.74, 6) is 1.17. The number of amides is 1. The van der Waals surface area contributed by atoms with E-state index in [4.69, 9.17) is 0 Å². The van der Waals surface area contributed by atoms with Crippen molar-refractivity contribution in [3.8, 4) is 0 Å². The minimum atomic E-state index is -0.150. The van der Waals surface area contributed by atoms with E-state index in [1.807, 2.05) is 0 Å². The summed E-state index contributed by atoms with van der Waals surface area (Å²) in [5.41, 5.74) is -0.150. The summed E-state index contributed by atoms with van der Waals surface area (Å²) in [5, 5.41) is 3.47. The number of nitrogens with one attached hydrogen (secondary N) is 1. The number of rotatable bonds is 2. The molecule has 0 aromatic rings. The van der Waals surface area contributed by atoms with Crippen LogP contribution in [0.2, 0.25) is 0 Å². The number of hydrogen-bond donors (Lipinski definition) is 1. The number of hydrogen-bond acceptors (Lipinski definition) is 2. The molecule has 3 aliphatic rings. The molecule has 1 aliphatic heterocycles. The van der Waals surface area contributed by atoms with Crippen molar-refractivity contribution >= 4 is 5.91 Å². The van der Waals surface area contributed by atoms with Gasteiger partial charge in [0.1, 0.15) is 0 Å². The lowest BCUT2D eigenvalue weighted by molar-refractivity contribution is -0.134. The van der Waals surface area contributed by atoms with Gasteiger partial charge < -0.3 is 4.90 Å². The van der Waals surface area contributed by atoms with Gasteiger partial charge in [-0.3, -0.25) is 10.1 Å². The highest BCUT2D eigenvalue weighted by Gasteiger charge is 2.50. The van der Waals surface area contributed by atoms with Gasteiger partial charge in [0.25, 0.3) is 0 Å². The summed E-state index contributed by atoms with van der Waals surface area (Å²) in [6.07, 6.45) is 7.17. The van der Waals surface area contributed by atoms with Crippen LogP contribution in [-0.4, -0.2) is 29.1 Å². The van der Waals surface area contributed by atoms with Crippen molar-refractivity contribution in [1.82, 2.24) is 10.2 Å². The highest BCUT2D eigenvalue weighted by atomic mass is 16.2. The second kappa shape index (κ2) is 3.21. The molecule has 1 amide bonds. The van der Waals surface area contributed by atoms with Gasteiger partial charge in [0.2, 0.25) is 5.91 Å². The Bertz CT molecular complexity index is 279. The average molecular weight is 208 g/mol. The van der Waals surface area contributed by atoms with Gasteiger partial charge in [-0.1, -0.05) is 12.8 Å². The lowest BCUT2D eigenvalue weighted by atomic mass is 9.97. The standard InChI is InChI=1S/C12H20N2O/c1-9(10-4-5-10)14-8-13-12(11(14)15)6-2-3-7-12/h9-10,13H,2-8H2,1H3. The number of nitrogens with zero attached hydrogens (tertiary/aromatic N) is 1. The van der Waals surface area contributed by atoms with Gasteiger partial charge in [-0.15, -0.1) is 0 Å². The maximum Gasteiger partial charge on any atom is 0.244 e. The molecule has 0 bridgehead atoms. The summed E-state index contributed by atoms with van der Waals surface area (Å²) in [6, 6.07) is 0.463. The van der Waals surface area contributed by atoms with E-state index in [9.17, 15) is 4.79 Å². The molecule has 3 heteroatoms. The molecule has 3 rings (SSSR count). The summed E-state index contributed by atoms with van der Waals surface area (Å²) < 4.78 is 0. The van der Waals surface area contributed by atoms with Crippen LogP contribution in [0.1, 0.15) is 45.4 Å². The summed E-state index contributed by atoms with van der Waals surface area (Å²) in [6.45, 7) is 3.00. The second-order valence-electron chi connectivity index (χ2n) is 5.48. The molecular formula is C12H20N2O. The summed E-state index contributed by atoms with van der Waals surface area (Å²) >= 11 is 0. The van der Waals surface area contributed by atoms with E-state index in [1.54, 1.807) is 0 Å². The Morgan fingerprint density at radius 2 is 2.07 bits per heavy atom. The molecule has 84 valence electrons. The maximum absolute atomic E-state index is 12.4. The van der Waals surface area contributed by atoms with E-state index in [1.165, 1.54) is 25.7 Å². The highest BCUT2D eigenvalue weighted by Crippen LogP contribution is 2.40. The molecule has 0 aromatic heterocycles. The normalized spacial score (nSPS) is 31.5. The molecule has 2 aliphatic carbocycles. The fraction of sp³-hybridized carbons (Fsp3) is 0.917. The van der Waals surface area contributed by atoms with Crippen LogP contribution < -0.4 is 5.32 Å². The third kappa shape index (κ3) is 1.40. The van der Waals surface area contributed by atoms with Crippen molar-refractivity contribution in [2.45, 2.75) is 57.0 Å². The lowest BCUT2D eigenvalue weighted by Crippen LogP contribution is -2.45. The van der Waals surface area contributed by atoms with Crippen molar-refractivity contribution in [3.05, 3.63) is 0 Å². The van der Waals surface area contributed by atoms with Crippen LogP contribution in [0.15, 0.2) is 0 Å². The van der Waals surface area contributed by atoms with Gasteiger partial charge in [0, 0.05) is 6.04 Å². The van der Waals surface area contributed by atoms with Crippen molar-refractivity contribution in [3.63, 3.8) is 0 Å². The average Bonchev–Trinajstić information content (AvgIpc) is 2.91. The van der Waals surface area contributed by atoms with Crippen LogP contribution in [0.5, 0.6) is 0 Å². The first-order valence-corrected chi connectivity index (χ1v) is 6.29. The predicted molar refractivity (Wildman–Crippen MR) is 58.2 cm³/mol. The van der Waals surface area contributed by atoms with Gasteiger partial charge in [0.05, 0.1) is 12.2 Å². The highest BCUT2D eigenvalue weighted by molar-refractivity contribution is 5.89. The Balaban J connectivity index is 1.75. The van der Waals surface area contributed by atoms with Crippen LogP contribution in [0.25, 0.3) is 0 Å². The molecule has 1 N–H and O–H groups in total. The largest absolute Gasteiger partial charge is 0.325 e. The Labute approximate surface area is 91.2 Å². The zero-order valence-corrected chi connectivity index (χ0v) is 9.46. The lowest BCUT2D eigenvalue weighted by Gasteiger charge is -2.26. The SMILES string of the molecule is CC(C1CC1)N1CNC2(CCCC2)C1=O. The van der Waals surface area contributed by atoms with E-state index >= 15 is 0 Å². The van der Waals surface area contributed by atoms with E-state index in [0.29, 0.717) is 11.9 Å². The van der Waals surface area contributed by atoms with Gasteiger partial charge in [0.15, 0.2) is 0 Å². The first kappa shape index (κ1) is 9.64. The van der Waals surface area contributed by atoms with E-state index in [-0.39, 0.29) is 5.54 Å². The third-order valence-corrected chi connectivity index (χ3v) is 4.51. The van der Waals surface area contributed by atoms with E-state index in [0.717, 1.165) is 25.4 Å². The quantitative estimate of drug-likeness (QED) is 0.745. The third-order valence-electron chi connectivity index (χ3n) is 4.51. The fourth-order valence-corrected chi connectivity index (χ4v) is 3.19. The molecule has 1 saturated heterocycles. The van der Waals surface area contributed by atoms with E-state index < -0.39 is 0 Å². The summed E-state index contributed by atoms with van der Waals surface area (Å²) in [4.78, 5) is 14.5. The van der Waals surface area contributed by atoms with Crippen LogP contribution in [-0.2, 0) is 4.79 Å². The molecule has 1 heterocycles. The first-order valence-electron chi connectivity index (χ1n) is 6.29. The van der Waals surface area contributed by atoms with Crippen LogP contribution in [0.4, 0.5) is 0 Å². The molecule has 1 unspecified atom stereocenters. The van der Waals surface area contributed by atoms with Crippen LogP contribution in [0.3, 0.4) is 0 Å². The van der Waals surface area contributed by atoms with E-state index in [2.05, 4.69) is 17.1 Å². The molecule has 0 radical (unpaired) electrons. The van der Waals surface area contributed by atoms with Gasteiger partial charge in [-0.05, 0) is 38.5 Å². The monoisotopic (exact) mass is 208 g/mol. The topological polar surface area (TPSA) is 32.3 Å². The molecule has 2 saturated carbocycles. The molecular weight excluding hydrogens is 188 g/mol. The van der Waals surface area contributed by atoms with Crippen molar-refractivity contribution < 1.29 is 4.79 Å². The fourth-order valence-electron chi connectivity index (χ4n) is 3.19. The smallest absolute Gasteiger partial charge is 0.244 e. The molecule has 3 fully saturated rings. The Hall–Kier alpha value is -0.570. The predicted octanol–water partition coefficient (Wildman–Crippen LogP) is 1.49. The molecule has 0 aromatic carbocycles. The Morgan fingerprint density at radius 1 is 1.40 bits per heavy atom. The minimum Gasteiger partial charge on any atom is -0.325 e. The number of carbonyl (C=O) groups is 1. The van der Waals surface area contributed by atoms with Crippen LogP contribution >= 0.6 is 0 Å². The van der Waals surface area contributed by atoms with Gasteiger partial charge in [-0.2, -0.15) is 0 Å². The molecule has 3 nitrogen and oxygen atoms in total. The van der Waals surface area contributed by atoms with Gasteiger partial charge in [-0.25, -0.2) is 0 Å². The second-order valence-corrected chi connectivity index (χ2v) is 5.48. The summed E-state index contributed by atoms with van der Waals surface area (Å²) in [7, 11) is 0. The molecule has 1 spiro atoms. The maximum atomic E-state index is 12.4. The minimum absolute atomic E-state index is 0.150. The van der Waals surface area contributed by atoms with Crippen molar-refractivity contribution in [2.75, 3.05) is 6.67 Å². The van der Waals surface area contributed by atoms with Crippen LogP contribution in [0, 0.1) is 5.92 Å². The number of carbonyl (C=O) groups excluding carboxylic acids is 1. The van der Waals surface area contributed by atoms with Crippen molar-refractivity contribution in [2.24, 2.45) is 5.92 Å². The first-order chi connectivity index (χ1) is 7.23. The Kier molecular flexibility index (Phi) is 2.06. The van der Waals surface area contributed by atoms with Gasteiger partial charge >= 0.3 is 0 Å². The zero-order chi connectivity index (χ0) is 10.5. The molecule has 1 atom stereocenters. The Morgan fingerprint density at radius 3 is 2.67 bits per heavy atom.